The maximum atomic E-state index is 10.9. The molecule has 1 aliphatic heterocycles. The summed E-state index contributed by atoms with van der Waals surface area (Å²) in [5.74, 6) is 3.16. The first-order chi connectivity index (χ1) is 9.60. The van der Waals surface area contributed by atoms with Crippen LogP contribution in [0.5, 0.6) is 5.75 Å². The largest absolute Gasteiger partial charge is 0.496 e. The van der Waals surface area contributed by atoms with E-state index in [9.17, 15) is 5.11 Å². The van der Waals surface area contributed by atoms with Crippen LogP contribution in [-0.2, 0) is 0 Å². The first-order valence-corrected chi connectivity index (χ1v) is 9.25. The van der Waals surface area contributed by atoms with Crippen LogP contribution >= 0.6 is 23.5 Å². The van der Waals surface area contributed by atoms with Gasteiger partial charge in [-0.1, -0.05) is 19.1 Å². The predicted molar refractivity (Wildman–Crippen MR) is 90.2 cm³/mol. The number of hydrogen-bond donors (Lipinski definition) is 1. The van der Waals surface area contributed by atoms with E-state index in [0.29, 0.717) is 5.25 Å². The minimum absolute atomic E-state index is 0.259. The number of benzene rings is 1. The third kappa shape index (κ3) is 3.12. The monoisotopic (exact) mass is 312 g/mol. The fraction of sp³-hybridized carbons (Fsp3) is 0.625. The minimum Gasteiger partial charge on any atom is -0.496 e. The van der Waals surface area contributed by atoms with Crippen molar-refractivity contribution in [2.75, 3.05) is 18.6 Å². The topological polar surface area (TPSA) is 29.5 Å². The molecule has 0 saturated carbocycles. The van der Waals surface area contributed by atoms with E-state index in [2.05, 4.69) is 26.8 Å². The highest BCUT2D eigenvalue weighted by Gasteiger charge is 2.33. The second-order valence-corrected chi connectivity index (χ2v) is 7.86. The standard InChI is InChI=1S/C16H24O2S2/c1-5-13-16(20-9-8-19-13)14(17)12-7-6-10(2)11(3)15(12)18-4/h6-7,13-14,16-17H,5,8-9H2,1-4H3. The summed E-state index contributed by atoms with van der Waals surface area (Å²) < 4.78 is 5.56. The molecule has 2 rings (SSSR count). The molecule has 112 valence electrons. The Morgan fingerprint density at radius 3 is 2.65 bits per heavy atom. The Labute approximate surface area is 130 Å². The van der Waals surface area contributed by atoms with Gasteiger partial charge < -0.3 is 9.84 Å². The van der Waals surface area contributed by atoms with E-state index >= 15 is 0 Å². The fourth-order valence-corrected chi connectivity index (χ4v) is 5.85. The van der Waals surface area contributed by atoms with Gasteiger partial charge in [-0.2, -0.15) is 23.5 Å². The highest BCUT2D eigenvalue weighted by molar-refractivity contribution is 8.07. The summed E-state index contributed by atoms with van der Waals surface area (Å²) in [7, 11) is 1.69. The summed E-state index contributed by atoms with van der Waals surface area (Å²) in [6.45, 7) is 6.35. The first-order valence-electron chi connectivity index (χ1n) is 7.15. The zero-order valence-corrected chi connectivity index (χ0v) is 14.3. The van der Waals surface area contributed by atoms with E-state index in [1.807, 2.05) is 29.6 Å². The van der Waals surface area contributed by atoms with Gasteiger partial charge in [-0.15, -0.1) is 0 Å². The van der Waals surface area contributed by atoms with Gasteiger partial charge in [0.05, 0.1) is 13.2 Å². The number of rotatable bonds is 4. The number of ether oxygens (including phenoxy) is 1. The molecule has 0 spiro atoms. The molecule has 1 aromatic rings. The van der Waals surface area contributed by atoms with Crippen molar-refractivity contribution in [1.29, 1.82) is 0 Å². The van der Waals surface area contributed by atoms with Gasteiger partial charge in [-0.05, 0) is 31.4 Å². The zero-order valence-electron chi connectivity index (χ0n) is 12.7. The van der Waals surface area contributed by atoms with Crippen molar-refractivity contribution in [3.63, 3.8) is 0 Å². The molecule has 0 radical (unpaired) electrons. The van der Waals surface area contributed by atoms with Crippen molar-refractivity contribution in [1.82, 2.24) is 0 Å². The van der Waals surface area contributed by atoms with Crippen LogP contribution in [0.2, 0.25) is 0 Å². The molecule has 0 aromatic heterocycles. The van der Waals surface area contributed by atoms with E-state index in [4.69, 9.17) is 4.74 Å². The van der Waals surface area contributed by atoms with Crippen molar-refractivity contribution >= 4 is 23.5 Å². The summed E-state index contributed by atoms with van der Waals surface area (Å²) in [4.78, 5) is 0. The number of aliphatic hydroxyl groups excluding tert-OH is 1. The van der Waals surface area contributed by atoms with Crippen LogP contribution < -0.4 is 4.74 Å². The van der Waals surface area contributed by atoms with E-state index < -0.39 is 6.10 Å². The summed E-state index contributed by atoms with van der Waals surface area (Å²) >= 11 is 3.90. The second-order valence-electron chi connectivity index (χ2n) is 5.23. The Morgan fingerprint density at radius 2 is 2.00 bits per heavy atom. The lowest BCUT2D eigenvalue weighted by Crippen LogP contribution is -2.31. The number of hydrogen-bond acceptors (Lipinski definition) is 4. The van der Waals surface area contributed by atoms with Crippen molar-refractivity contribution in [2.24, 2.45) is 0 Å². The lowest BCUT2D eigenvalue weighted by Gasteiger charge is -2.34. The van der Waals surface area contributed by atoms with Crippen LogP contribution in [0.3, 0.4) is 0 Å². The van der Waals surface area contributed by atoms with Crippen molar-refractivity contribution < 1.29 is 9.84 Å². The molecule has 1 heterocycles. The average molecular weight is 313 g/mol. The molecule has 2 nitrogen and oxygen atoms in total. The Balaban J connectivity index is 2.32. The SMILES string of the molecule is CCC1SCCSC1C(O)c1ccc(C)c(C)c1OC. The second kappa shape index (κ2) is 7.10. The maximum Gasteiger partial charge on any atom is 0.127 e. The molecule has 1 aliphatic rings. The van der Waals surface area contributed by atoms with E-state index in [1.54, 1.807) is 7.11 Å². The third-order valence-electron chi connectivity index (χ3n) is 4.04. The molecule has 0 aliphatic carbocycles. The zero-order chi connectivity index (χ0) is 14.7. The van der Waals surface area contributed by atoms with Gasteiger partial charge in [0.1, 0.15) is 5.75 Å². The lowest BCUT2D eigenvalue weighted by atomic mass is 9.97. The quantitative estimate of drug-likeness (QED) is 0.911. The van der Waals surface area contributed by atoms with Gasteiger partial charge in [0.25, 0.3) is 0 Å². The van der Waals surface area contributed by atoms with Crippen molar-refractivity contribution in [2.45, 2.75) is 43.8 Å². The van der Waals surface area contributed by atoms with Crippen molar-refractivity contribution in [3.05, 3.63) is 28.8 Å². The minimum atomic E-state index is -0.452. The Morgan fingerprint density at radius 1 is 1.30 bits per heavy atom. The van der Waals surface area contributed by atoms with Crippen LogP contribution in [0.1, 0.15) is 36.1 Å². The van der Waals surface area contributed by atoms with Crippen LogP contribution in [0.4, 0.5) is 0 Å². The lowest BCUT2D eigenvalue weighted by molar-refractivity contribution is 0.168. The summed E-state index contributed by atoms with van der Waals surface area (Å²) in [5.41, 5.74) is 3.27. The number of thioether (sulfide) groups is 2. The third-order valence-corrected chi connectivity index (χ3v) is 7.37. The van der Waals surface area contributed by atoms with Gasteiger partial charge in [-0.3, -0.25) is 0 Å². The van der Waals surface area contributed by atoms with Gasteiger partial charge >= 0.3 is 0 Å². The number of methoxy groups -OCH3 is 1. The van der Waals surface area contributed by atoms with Gasteiger partial charge in [0.15, 0.2) is 0 Å². The summed E-state index contributed by atoms with van der Waals surface area (Å²) in [6, 6.07) is 4.11. The Bertz CT molecular complexity index is 462. The molecule has 20 heavy (non-hydrogen) atoms. The molecule has 1 fully saturated rings. The van der Waals surface area contributed by atoms with Crippen LogP contribution in [0.15, 0.2) is 12.1 Å². The highest BCUT2D eigenvalue weighted by atomic mass is 32.2. The number of aliphatic hydroxyl groups is 1. The molecule has 1 N–H and O–H groups in total. The molecule has 0 amide bonds. The average Bonchev–Trinajstić information content (AvgIpc) is 2.49. The molecular formula is C16H24O2S2. The van der Waals surface area contributed by atoms with Gasteiger partial charge in [-0.25, -0.2) is 0 Å². The van der Waals surface area contributed by atoms with Gasteiger partial charge in [0.2, 0.25) is 0 Å². The smallest absolute Gasteiger partial charge is 0.127 e. The van der Waals surface area contributed by atoms with Crippen LogP contribution in [-0.4, -0.2) is 34.2 Å². The number of aryl methyl sites for hydroxylation is 1. The molecule has 0 bridgehead atoms. The molecule has 3 unspecified atom stereocenters. The summed E-state index contributed by atoms with van der Waals surface area (Å²) in [5, 5.41) is 11.6. The van der Waals surface area contributed by atoms with Crippen molar-refractivity contribution in [3.8, 4) is 5.75 Å². The molecular weight excluding hydrogens is 288 g/mol. The normalized spacial score (nSPS) is 24.4. The van der Waals surface area contributed by atoms with Crippen LogP contribution in [0, 0.1) is 13.8 Å². The summed E-state index contributed by atoms with van der Waals surface area (Å²) in [6.07, 6.45) is 0.652. The molecule has 1 saturated heterocycles. The molecule has 4 heteroatoms. The highest BCUT2D eigenvalue weighted by Crippen LogP contribution is 2.43. The molecule has 3 atom stereocenters. The fourth-order valence-electron chi connectivity index (χ4n) is 2.72. The van der Waals surface area contributed by atoms with E-state index in [0.717, 1.165) is 29.1 Å². The predicted octanol–water partition coefficient (Wildman–Crippen LogP) is 3.97. The van der Waals surface area contributed by atoms with E-state index in [1.165, 1.54) is 11.3 Å². The van der Waals surface area contributed by atoms with Gasteiger partial charge in [0, 0.05) is 27.6 Å². The Kier molecular flexibility index (Phi) is 5.70. The van der Waals surface area contributed by atoms with E-state index in [-0.39, 0.29) is 5.25 Å². The Hall–Kier alpha value is -0.320. The van der Waals surface area contributed by atoms with Crippen LogP contribution in [0.25, 0.3) is 0 Å². The molecule has 1 aromatic carbocycles. The first kappa shape index (κ1) is 16.1. The maximum absolute atomic E-state index is 10.9.